The van der Waals surface area contributed by atoms with Crippen molar-refractivity contribution < 1.29 is 13.9 Å². The summed E-state index contributed by atoms with van der Waals surface area (Å²) in [5.74, 6) is 0.338. The molecule has 0 saturated carbocycles. The highest BCUT2D eigenvalue weighted by Crippen LogP contribution is 2.47. The van der Waals surface area contributed by atoms with Crippen LogP contribution in [0.25, 0.3) is 0 Å². The number of halogens is 1. The summed E-state index contributed by atoms with van der Waals surface area (Å²) in [5.41, 5.74) is 6.55. The summed E-state index contributed by atoms with van der Waals surface area (Å²) in [4.78, 5) is 17.6. The van der Waals surface area contributed by atoms with Gasteiger partial charge < -0.3 is 15.8 Å². The third kappa shape index (κ3) is 3.29. The lowest BCUT2D eigenvalue weighted by Gasteiger charge is -2.47. The van der Waals surface area contributed by atoms with Gasteiger partial charge in [0.05, 0.1) is 12.3 Å². The molecule has 1 aromatic heterocycles. The summed E-state index contributed by atoms with van der Waals surface area (Å²) in [6.07, 6.45) is 0. The molecule has 3 heterocycles. The predicted octanol–water partition coefficient (Wildman–Crippen LogP) is 2.78. The molecule has 2 aromatic rings. The smallest absolute Gasteiger partial charge is 0.269 e. The molecule has 1 aromatic carbocycles. The predicted molar refractivity (Wildman–Crippen MR) is 108 cm³/mol. The maximum absolute atomic E-state index is 14.9. The van der Waals surface area contributed by atoms with Crippen molar-refractivity contribution in [3.63, 3.8) is 0 Å². The molecule has 2 aliphatic rings. The highest BCUT2D eigenvalue weighted by atomic mass is 32.2. The second-order valence-electron chi connectivity index (χ2n) is 7.12. The fraction of sp³-hybridized carbons (Fsp3) is 0.444. The average Bonchev–Trinajstić information content (AvgIpc) is 3.09. The number of amidine groups is 1. The first-order valence-corrected chi connectivity index (χ1v) is 10.6. The molecule has 0 bridgehead atoms. The molecule has 2 aliphatic heterocycles. The number of benzene rings is 1. The van der Waals surface area contributed by atoms with Crippen LogP contribution in [0.1, 0.15) is 27.9 Å². The molecule has 7 nitrogen and oxygen atoms in total. The van der Waals surface area contributed by atoms with E-state index in [1.54, 1.807) is 13.0 Å². The second kappa shape index (κ2) is 7.41. The van der Waals surface area contributed by atoms with Gasteiger partial charge in [-0.25, -0.2) is 9.38 Å². The van der Waals surface area contributed by atoms with Gasteiger partial charge in [-0.2, -0.15) is 0 Å². The van der Waals surface area contributed by atoms with Crippen molar-refractivity contribution in [2.75, 3.05) is 24.3 Å². The van der Waals surface area contributed by atoms with Crippen LogP contribution in [-0.2, 0) is 10.3 Å². The van der Waals surface area contributed by atoms with E-state index in [9.17, 15) is 9.18 Å². The molecular weight excluding hydrogens is 401 g/mol. The van der Waals surface area contributed by atoms with E-state index in [-0.39, 0.29) is 30.2 Å². The molecule has 1 fully saturated rings. The summed E-state index contributed by atoms with van der Waals surface area (Å²) < 4.78 is 24.5. The number of fused-ring (bicyclic) bond motifs is 1. The minimum atomic E-state index is -0.889. The number of carbonyl (C=O) groups excluding carboxylic acids is 1. The Bertz CT molecular complexity index is 950. The van der Waals surface area contributed by atoms with Gasteiger partial charge in [-0.1, -0.05) is 23.2 Å². The Morgan fingerprint density at radius 3 is 3.04 bits per heavy atom. The van der Waals surface area contributed by atoms with Crippen LogP contribution in [0.3, 0.4) is 0 Å². The Hall–Kier alpha value is -2.04. The molecule has 0 unspecified atom stereocenters. The molecule has 0 aliphatic carbocycles. The zero-order chi connectivity index (χ0) is 19.9. The number of nitrogens with zero attached hydrogens (tertiary/aromatic N) is 3. The van der Waals surface area contributed by atoms with E-state index in [1.807, 2.05) is 0 Å². The monoisotopic (exact) mass is 421 g/mol. The summed E-state index contributed by atoms with van der Waals surface area (Å²) in [6.45, 7) is 4.67. The van der Waals surface area contributed by atoms with Crippen LogP contribution < -0.4 is 11.1 Å². The number of ether oxygens (including phenoxy) is 1. The van der Waals surface area contributed by atoms with Crippen LogP contribution in [0.5, 0.6) is 0 Å². The van der Waals surface area contributed by atoms with E-state index in [2.05, 4.69) is 26.8 Å². The molecular formula is C18H20FN5O2S2. The third-order valence-corrected chi connectivity index (χ3v) is 7.01. The van der Waals surface area contributed by atoms with Crippen molar-refractivity contribution in [1.82, 2.24) is 9.59 Å². The Morgan fingerprint density at radius 1 is 1.46 bits per heavy atom. The van der Waals surface area contributed by atoms with Crippen molar-refractivity contribution in [3.05, 3.63) is 40.2 Å². The van der Waals surface area contributed by atoms with Gasteiger partial charge in [0.15, 0.2) is 5.17 Å². The van der Waals surface area contributed by atoms with E-state index in [4.69, 9.17) is 10.5 Å². The van der Waals surface area contributed by atoms with E-state index in [0.29, 0.717) is 33.6 Å². The third-order valence-electron chi connectivity index (χ3n) is 5.27. The van der Waals surface area contributed by atoms with Gasteiger partial charge >= 0.3 is 0 Å². The molecule has 148 valence electrons. The fourth-order valence-electron chi connectivity index (χ4n) is 3.82. The Morgan fingerprint density at radius 2 is 2.29 bits per heavy atom. The standard InChI is InChI=1S/C18H20FN5O2S2/c1-9-6-26-8-18(13(9)7-27-17(20)22-18)12-5-11(3-4-14(12)19)21-16(25)15-10(2)23-24-28-15/h3-5,9,13H,6-8H2,1-2H3,(H2,20,22)(H,21,25)/t9-,13+,18+/m0/s1. The minimum absolute atomic E-state index is 0.0898. The second-order valence-corrected chi connectivity index (χ2v) is 8.91. The van der Waals surface area contributed by atoms with Crippen LogP contribution in [0.4, 0.5) is 10.1 Å². The normalized spacial score (nSPS) is 27.0. The number of rotatable bonds is 3. The largest absolute Gasteiger partial charge is 0.379 e. The van der Waals surface area contributed by atoms with Gasteiger partial charge in [-0.3, -0.25) is 4.79 Å². The van der Waals surface area contributed by atoms with Crippen LogP contribution in [-0.4, -0.2) is 39.6 Å². The first-order chi connectivity index (χ1) is 13.4. The Labute approximate surface area is 170 Å². The van der Waals surface area contributed by atoms with Crippen LogP contribution in [0.15, 0.2) is 23.2 Å². The number of hydrogen-bond acceptors (Lipinski definition) is 8. The number of anilines is 1. The molecule has 4 rings (SSSR count). The zero-order valence-corrected chi connectivity index (χ0v) is 17.1. The minimum Gasteiger partial charge on any atom is -0.379 e. The topological polar surface area (TPSA) is 102 Å². The van der Waals surface area contributed by atoms with Crippen LogP contribution >= 0.6 is 23.3 Å². The number of aromatic nitrogens is 2. The van der Waals surface area contributed by atoms with Crippen molar-refractivity contribution in [1.29, 1.82) is 0 Å². The molecule has 1 amide bonds. The van der Waals surface area contributed by atoms with Gasteiger partial charge in [0.1, 0.15) is 16.2 Å². The van der Waals surface area contributed by atoms with E-state index >= 15 is 0 Å². The van der Waals surface area contributed by atoms with E-state index in [1.165, 1.54) is 23.9 Å². The number of aliphatic imine (C=N–C) groups is 1. The molecule has 3 N–H and O–H groups in total. The van der Waals surface area contributed by atoms with Gasteiger partial charge in [0.2, 0.25) is 0 Å². The van der Waals surface area contributed by atoms with Crippen molar-refractivity contribution >= 4 is 40.1 Å². The molecule has 28 heavy (non-hydrogen) atoms. The molecule has 1 saturated heterocycles. The van der Waals surface area contributed by atoms with Gasteiger partial charge in [-0.15, -0.1) is 5.10 Å². The van der Waals surface area contributed by atoms with Crippen molar-refractivity contribution in [2.24, 2.45) is 22.6 Å². The first-order valence-electron chi connectivity index (χ1n) is 8.87. The highest BCUT2D eigenvalue weighted by molar-refractivity contribution is 8.13. The first kappa shape index (κ1) is 19.3. The number of amides is 1. The highest BCUT2D eigenvalue weighted by Gasteiger charge is 2.50. The fourth-order valence-corrected chi connectivity index (χ4v) is 5.55. The number of nitrogens with one attached hydrogen (secondary N) is 1. The van der Waals surface area contributed by atoms with Gasteiger partial charge in [0.25, 0.3) is 5.91 Å². The number of hydrogen-bond donors (Lipinski definition) is 2. The van der Waals surface area contributed by atoms with Crippen molar-refractivity contribution in [3.8, 4) is 0 Å². The number of nitrogens with two attached hydrogens (primary N) is 1. The summed E-state index contributed by atoms with van der Waals surface area (Å²) in [5, 5.41) is 7.08. The maximum Gasteiger partial charge on any atom is 0.269 e. The van der Waals surface area contributed by atoms with Crippen molar-refractivity contribution in [2.45, 2.75) is 19.4 Å². The quantitative estimate of drug-likeness (QED) is 0.790. The molecule has 3 atom stereocenters. The average molecular weight is 422 g/mol. The molecule has 10 heteroatoms. The van der Waals surface area contributed by atoms with E-state index in [0.717, 1.165) is 17.3 Å². The lowest BCUT2D eigenvalue weighted by atomic mass is 9.72. The number of carbonyl (C=O) groups is 1. The lowest BCUT2D eigenvalue weighted by molar-refractivity contribution is -0.0339. The SMILES string of the molecule is Cc1nnsc1C(=O)Nc1ccc(F)c([C@]23COC[C@H](C)[C@H]2CSC(N)=N3)c1. The van der Waals surface area contributed by atoms with Crippen LogP contribution in [0, 0.1) is 24.6 Å². The summed E-state index contributed by atoms with van der Waals surface area (Å²) in [6, 6.07) is 4.52. The lowest BCUT2D eigenvalue weighted by Crippen LogP contribution is -2.51. The number of thioether (sulfide) groups is 1. The van der Waals surface area contributed by atoms with Crippen LogP contribution in [0.2, 0.25) is 0 Å². The van der Waals surface area contributed by atoms with Gasteiger partial charge in [-0.05, 0) is 42.6 Å². The maximum atomic E-state index is 14.9. The number of aryl methyl sites for hydroxylation is 1. The Kier molecular flexibility index (Phi) is 5.11. The molecule has 0 radical (unpaired) electrons. The molecule has 0 spiro atoms. The van der Waals surface area contributed by atoms with Gasteiger partial charge in [0, 0.05) is 29.5 Å². The van der Waals surface area contributed by atoms with E-state index < -0.39 is 5.54 Å². The Balaban J connectivity index is 1.73. The zero-order valence-electron chi connectivity index (χ0n) is 15.4. The summed E-state index contributed by atoms with van der Waals surface area (Å²) >= 11 is 2.51. The summed E-state index contributed by atoms with van der Waals surface area (Å²) in [7, 11) is 0.